The summed E-state index contributed by atoms with van der Waals surface area (Å²) >= 11 is 3.55. The van der Waals surface area contributed by atoms with E-state index in [-0.39, 0.29) is 11.7 Å². The Bertz CT molecular complexity index is 1080. The molecule has 30 heavy (non-hydrogen) atoms. The second-order valence-electron chi connectivity index (χ2n) is 8.06. The molecule has 1 aliphatic carbocycles. The maximum absolute atomic E-state index is 13.0. The molecule has 1 aliphatic rings. The smallest absolute Gasteiger partial charge is 0.225 e. The number of rotatable bonds is 8. The van der Waals surface area contributed by atoms with Crippen LogP contribution in [0.4, 0.5) is 5.95 Å². The summed E-state index contributed by atoms with van der Waals surface area (Å²) in [4.78, 5) is 24.6. The van der Waals surface area contributed by atoms with Crippen molar-refractivity contribution in [2.45, 2.75) is 38.6 Å². The van der Waals surface area contributed by atoms with Crippen molar-refractivity contribution in [3.05, 3.63) is 45.7 Å². The number of benzene rings is 1. The van der Waals surface area contributed by atoms with Gasteiger partial charge in [0.1, 0.15) is 0 Å². The Balaban J connectivity index is 1.75. The summed E-state index contributed by atoms with van der Waals surface area (Å²) in [5, 5.41) is 8.83. The van der Waals surface area contributed by atoms with Crippen LogP contribution in [0, 0.1) is 0 Å². The molecule has 158 valence electrons. The Morgan fingerprint density at radius 2 is 2.13 bits per heavy atom. The Labute approximate surface area is 185 Å². The van der Waals surface area contributed by atoms with E-state index < -0.39 is 0 Å². The van der Waals surface area contributed by atoms with Gasteiger partial charge in [-0.2, -0.15) is 10.1 Å². The van der Waals surface area contributed by atoms with Gasteiger partial charge in [-0.3, -0.25) is 9.48 Å². The van der Waals surface area contributed by atoms with Crippen molar-refractivity contribution >= 4 is 38.7 Å². The predicted molar refractivity (Wildman–Crippen MR) is 122 cm³/mol. The van der Waals surface area contributed by atoms with Crippen LogP contribution in [0.1, 0.15) is 42.5 Å². The number of carbonyl (C=O) groups is 1. The van der Waals surface area contributed by atoms with E-state index in [1.54, 1.807) is 0 Å². The van der Waals surface area contributed by atoms with E-state index in [1.807, 2.05) is 29.1 Å². The van der Waals surface area contributed by atoms with E-state index >= 15 is 0 Å². The fraction of sp³-hybridized carbons (Fsp3) is 0.455. The number of fused-ring (bicyclic) bond motifs is 2. The van der Waals surface area contributed by atoms with Gasteiger partial charge in [-0.15, -0.1) is 0 Å². The van der Waals surface area contributed by atoms with Gasteiger partial charge in [-0.05, 0) is 56.7 Å². The SMILES string of the molecule is CCCn1cc2c(C3C(=O)Cc4ccc(Br)cc43)nc(NCCCN(C)C)nc2n1. The predicted octanol–water partition coefficient (Wildman–Crippen LogP) is 3.62. The topological polar surface area (TPSA) is 75.9 Å². The van der Waals surface area contributed by atoms with Crippen molar-refractivity contribution in [2.24, 2.45) is 0 Å². The summed E-state index contributed by atoms with van der Waals surface area (Å²) < 4.78 is 2.87. The molecule has 0 radical (unpaired) electrons. The van der Waals surface area contributed by atoms with E-state index in [2.05, 4.69) is 57.2 Å². The monoisotopic (exact) mass is 470 g/mol. The Hall–Kier alpha value is -2.32. The first kappa shape index (κ1) is 20.9. The van der Waals surface area contributed by atoms with Crippen molar-refractivity contribution in [3.63, 3.8) is 0 Å². The molecule has 2 aromatic heterocycles. The number of hydrogen-bond acceptors (Lipinski definition) is 6. The van der Waals surface area contributed by atoms with Gasteiger partial charge in [0, 0.05) is 30.2 Å². The van der Waals surface area contributed by atoms with Gasteiger partial charge in [0.15, 0.2) is 11.4 Å². The minimum absolute atomic E-state index is 0.171. The van der Waals surface area contributed by atoms with Crippen molar-refractivity contribution in [2.75, 3.05) is 32.5 Å². The van der Waals surface area contributed by atoms with Crippen LogP contribution in [0.3, 0.4) is 0 Å². The van der Waals surface area contributed by atoms with Crippen molar-refractivity contribution in [3.8, 4) is 0 Å². The molecule has 1 atom stereocenters. The van der Waals surface area contributed by atoms with Crippen LogP contribution in [-0.4, -0.2) is 57.6 Å². The molecule has 0 saturated carbocycles. The minimum Gasteiger partial charge on any atom is -0.354 e. The molecule has 3 aromatic rings. The lowest BCUT2D eigenvalue weighted by Crippen LogP contribution is -2.18. The summed E-state index contributed by atoms with van der Waals surface area (Å²) in [6.45, 7) is 4.67. The highest BCUT2D eigenvalue weighted by Crippen LogP contribution is 2.39. The molecule has 7 nitrogen and oxygen atoms in total. The van der Waals surface area contributed by atoms with Gasteiger partial charge in [0.05, 0.1) is 17.0 Å². The number of hydrogen-bond donors (Lipinski definition) is 1. The Kier molecular flexibility index (Phi) is 6.15. The van der Waals surface area contributed by atoms with Crippen LogP contribution in [0.15, 0.2) is 28.9 Å². The summed E-state index contributed by atoms with van der Waals surface area (Å²) in [5.41, 5.74) is 3.48. The Morgan fingerprint density at radius 1 is 1.30 bits per heavy atom. The molecule has 1 N–H and O–H groups in total. The molecule has 0 aliphatic heterocycles. The first-order valence-corrected chi connectivity index (χ1v) is 11.2. The third kappa shape index (κ3) is 4.25. The summed E-state index contributed by atoms with van der Waals surface area (Å²) in [7, 11) is 4.12. The summed E-state index contributed by atoms with van der Waals surface area (Å²) in [5.74, 6) is 0.323. The zero-order chi connectivity index (χ0) is 21.3. The molecule has 2 heterocycles. The van der Waals surface area contributed by atoms with Crippen LogP contribution in [-0.2, 0) is 17.8 Å². The normalized spacial score (nSPS) is 15.9. The number of ketones is 1. The molecule has 0 fully saturated rings. The fourth-order valence-corrected chi connectivity index (χ4v) is 4.35. The lowest BCUT2D eigenvalue weighted by Gasteiger charge is -2.14. The zero-order valence-corrected chi connectivity index (χ0v) is 19.2. The summed E-state index contributed by atoms with van der Waals surface area (Å²) in [6, 6.07) is 6.05. The quantitative estimate of drug-likeness (QED) is 0.506. The minimum atomic E-state index is -0.385. The molecule has 4 rings (SSSR count). The van der Waals surface area contributed by atoms with Gasteiger partial charge >= 0.3 is 0 Å². The van der Waals surface area contributed by atoms with Crippen molar-refractivity contribution in [1.82, 2.24) is 24.6 Å². The van der Waals surface area contributed by atoms with E-state index in [0.717, 1.165) is 59.2 Å². The average molecular weight is 471 g/mol. The first-order chi connectivity index (χ1) is 14.5. The fourth-order valence-electron chi connectivity index (χ4n) is 3.97. The average Bonchev–Trinajstić information content (AvgIpc) is 3.24. The summed E-state index contributed by atoms with van der Waals surface area (Å²) in [6.07, 6.45) is 4.37. The van der Waals surface area contributed by atoms with Crippen LogP contribution >= 0.6 is 15.9 Å². The molecule has 0 amide bonds. The molecule has 0 saturated heterocycles. The number of nitrogens with zero attached hydrogens (tertiary/aromatic N) is 5. The number of Topliss-reactive ketones (excluding diaryl/α,β-unsaturated/α-hetero) is 1. The maximum atomic E-state index is 13.0. The van der Waals surface area contributed by atoms with Crippen molar-refractivity contribution in [1.29, 1.82) is 0 Å². The number of aromatic nitrogens is 4. The van der Waals surface area contributed by atoms with Gasteiger partial charge in [-0.25, -0.2) is 4.98 Å². The van der Waals surface area contributed by atoms with Gasteiger partial charge in [0.25, 0.3) is 0 Å². The molecule has 8 heteroatoms. The highest BCUT2D eigenvalue weighted by molar-refractivity contribution is 9.10. The van der Waals surface area contributed by atoms with Gasteiger partial charge in [0.2, 0.25) is 5.95 Å². The van der Waals surface area contributed by atoms with E-state index in [0.29, 0.717) is 18.0 Å². The van der Waals surface area contributed by atoms with Crippen LogP contribution in [0.5, 0.6) is 0 Å². The van der Waals surface area contributed by atoms with E-state index in [4.69, 9.17) is 4.98 Å². The Morgan fingerprint density at radius 3 is 2.90 bits per heavy atom. The molecule has 1 unspecified atom stereocenters. The molecule has 0 spiro atoms. The second-order valence-corrected chi connectivity index (χ2v) is 8.98. The van der Waals surface area contributed by atoms with Crippen LogP contribution < -0.4 is 5.32 Å². The lowest BCUT2D eigenvalue weighted by atomic mass is 9.95. The van der Waals surface area contributed by atoms with Crippen LogP contribution in [0.25, 0.3) is 11.0 Å². The number of aryl methyl sites for hydroxylation is 1. The van der Waals surface area contributed by atoms with Gasteiger partial charge in [-0.1, -0.05) is 28.9 Å². The number of halogens is 1. The number of nitrogens with one attached hydrogen (secondary N) is 1. The second kappa shape index (κ2) is 8.81. The van der Waals surface area contributed by atoms with E-state index in [1.165, 1.54) is 0 Å². The molecule has 0 bridgehead atoms. The van der Waals surface area contributed by atoms with Crippen molar-refractivity contribution < 1.29 is 4.79 Å². The zero-order valence-electron chi connectivity index (χ0n) is 17.7. The first-order valence-electron chi connectivity index (χ1n) is 10.4. The highest BCUT2D eigenvalue weighted by Gasteiger charge is 2.35. The van der Waals surface area contributed by atoms with E-state index in [9.17, 15) is 4.79 Å². The maximum Gasteiger partial charge on any atom is 0.225 e. The molecular formula is C22H27BrN6O. The molecular weight excluding hydrogens is 444 g/mol. The highest BCUT2D eigenvalue weighted by atomic mass is 79.9. The molecule has 1 aromatic carbocycles. The van der Waals surface area contributed by atoms with Gasteiger partial charge < -0.3 is 10.2 Å². The van der Waals surface area contributed by atoms with Crippen LogP contribution in [0.2, 0.25) is 0 Å². The number of anilines is 1. The lowest BCUT2D eigenvalue weighted by molar-refractivity contribution is -0.118. The largest absolute Gasteiger partial charge is 0.354 e. The number of carbonyl (C=O) groups excluding carboxylic acids is 1. The third-order valence-corrected chi connectivity index (χ3v) is 5.85. The standard InChI is InChI=1S/C22H27BrN6O/c1-4-9-29-13-17-20(19-16-12-15(23)7-6-14(16)11-18(19)30)25-22(26-21(17)27-29)24-8-5-10-28(2)3/h6-7,12-13,19H,4-5,8-11H2,1-3H3,(H,24,26,27). The third-order valence-electron chi connectivity index (χ3n) is 5.35.